The fourth-order valence-corrected chi connectivity index (χ4v) is 2.62. The molecular weight excluding hydrogens is 298 g/mol. The van der Waals surface area contributed by atoms with E-state index in [1.165, 1.54) is 6.20 Å². The highest BCUT2D eigenvalue weighted by Crippen LogP contribution is 2.19. The third-order valence-corrected chi connectivity index (χ3v) is 3.85. The van der Waals surface area contributed by atoms with Crippen LogP contribution in [0.5, 0.6) is 0 Å². The molecule has 0 aromatic carbocycles. The third kappa shape index (κ3) is 2.64. The number of piperidine rings is 1. The smallest absolute Gasteiger partial charge is 0.262 e. The van der Waals surface area contributed by atoms with E-state index in [1.54, 1.807) is 6.07 Å². The molecule has 1 unspecified atom stereocenters. The summed E-state index contributed by atoms with van der Waals surface area (Å²) < 4.78 is 0.370. The van der Waals surface area contributed by atoms with Crippen LogP contribution < -0.4 is 11.3 Å². The Bertz CT molecular complexity index is 500. The molecule has 1 atom stereocenters. The SMILES string of the molecule is NCC1CCCCN1C(=O)c1c[nH]c(=O)c(Br)c1. The van der Waals surface area contributed by atoms with Gasteiger partial charge in [-0.15, -0.1) is 0 Å². The van der Waals surface area contributed by atoms with Crippen LogP contribution in [0.15, 0.2) is 21.5 Å². The van der Waals surface area contributed by atoms with E-state index in [0.717, 1.165) is 25.8 Å². The van der Waals surface area contributed by atoms with Crippen molar-refractivity contribution in [1.82, 2.24) is 9.88 Å². The van der Waals surface area contributed by atoms with E-state index < -0.39 is 0 Å². The number of hydrogen-bond donors (Lipinski definition) is 2. The van der Waals surface area contributed by atoms with Crippen LogP contribution in [-0.2, 0) is 0 Å². The van der Waals surface area contributed by atoms with Crippen molar-refractivity contribution >= 4 is 21.8 Å². The molecule has 0 saturated carbocycles. The molecule has 2 heterocycles. The van der Waals surface area contributed by atoms with Crippen molar-refractivity contribution in [3.8, 4) is 0 Å². The number of amides is 1. The molecule has 1 aliphatic rings. The second-order valence-electron chi connectivity index (χ2n) is 4.45. The molecule has 0 spiro atoms. The zero-order chi connectivity index (χ0) is 13.1. The van der Waals surface area contributed by atoms with Crippen molar-refractivity contribution in [1.29, 1.82) is 0 Å². The largest absolute Gasteiger partial charge is 0.334 e. The first-order chi connectivity index (χ1) is 8.63. The maximum Gasteiger partial charge on any atom is 0.262 e. The Hall–Kier alpha value is -1.14. The molecule has 6 heteroatoms. The van der Waals surface area contributed by atoms with Gasteiger partial charge in [-0.3, -0.25) is 9.59 Å². The van der Waals surface area contributed by atoms with Gasteiger partial charge in [-0.2, -0.15) is 0 Å². The van der Waals surface area contributed by atoms with Crippen LogP contribution in [0.1, 0.15) is 29.6 Å². The van der Waals surface area contributed by atoms with Crippen LogP contribution in [0.2, 0.25) is 0 Å². The molecule has 1 aromatic rings. The van der Waals surface area contributed by atoms with Crippen LogP contribution in [0, 0.1) is 0 Å². The summed E-state index contributed by atoms with van der Waals surface area (Å²) in [5, 5.41) is 0. The minimum Gasteiger partial charge on any atom is -0.334 e. The van der Waals surface area contributed by atoms with E-state index in [1.807, 2.05) is 4.90 Å². The lowest BCUT2D eigenvalue weighted by Gasteiger charge is -2.35. The lowest BCUT2D eigenvalue weighted by molar-refractivity contribution is 0.0623. The Morgan fingerprint density at radius 1 is 1.56 bits per heavy atom. The van der Waals surface area contributed by atoms with Crippen molar-refractivity contribution in [3.05, 3.63) is 32.7 Å². The number of pyridine rings is 1. The summed E-state index contributed by atoms with van der Waals surface area (Å²) in [6.45, 7) is 1.22. The number of likely N-dealkylation sites (tertiary alicyclic amines) is 1. The quantitative estimate of drug-likeness (QED) is 0.858. The fourth-order valence-electron chi connectivity index (χ4n) is 2.26. The molecule has 0 aliphatic carbocycles. The second-order valence-corrected chi connectivity index (χ2v) is 5.30. The number of nitrogens with two attached hydrogens (primary N) is 1. The monoisotopic (exact) mass is 313 g/mol. The van der Waals surface area contributed by atoms with E-state index >= 15 is 0 Å². The number of H-pyrrole nitrogens is 1. The minimum atomic E-state index is -0.236. The van der Waals surface area contributed by atoms with Gasteiger partial charge in [-0.1, -0.05) is 0 Å². The standard InChI is InChI=1S/C12H16BrN3O2/c13-10-5-8(7-15-11(10)17)12(18)16-4-2-1-3-9(16)6-14/h5,7,9H,1-4,6,14H2,(H,15,17). The maximum absolute atomic E-state index is 12.4. The van der Waals surface area contributed by atoms with Crippen molar-refractivity contribution < 1.29 is 4.79 Å². The summed E-state index contributed by atoms with van der Waals surface area (Å²) in [5.74, 6) is -0.0675. The Morgan fingerprint density at radius 2 is 2.33 bits per heavy atom. The fraction of sp³-hybridized carbons (Fsp3) is 0.500. The molecule has 2 rings (SSSR count). The number of hydrogen-bond acceptors (Lipinski definition) is 3. The summed E-state index contributed by atoms with van der Waals surface area (Å²) in [4.78, 5) is 28.0. The van der Waals surface area contributed by atoms with Crippen LogP contribution >= 0.6 is 15.9 Å². The number of carbonyl (C=O) groups is 1. The van der Waals surface area contributed by atoms with Crippen molar-refractivity contribution in [2.75, 3.05) is 13.1 Å². The number of rotatable bonds is 2. The van der Waals surface area contributed by atoms with Gasteiger partial charge in [0.15, 0.2) is 0 Å². The molecule has 1 aromatic heterocycles. The summed E-state index contributed by atoms with van der Waals surface area (Å²) in [6.07, 6.45) is 4.53. The lowest BCUT2D eigenvalue weighted by atomic mass is 10.0. The molecule has 1 saturated heterocycles. The van der Waals surface area contributed by atoms with Gasteiger partial charge < -0.3 is 15.6 Å². The molecule has 1 aliphatic heterocycles. The minimum absolute atomic E-state index is 0.0675. The normalized spacial score (nSPS) is 19.9. The zero-order valence-corrected chi connectivity index (χ0v) is 11.6. The van der Waals surface area contributed by atoms with Crippen LogP contribution in [0.4, 0.5) is 0 Å². The first kappa shape index (κ1) is 13.3. The number of nitrogens with one attached hydrogen (secondary N) is 1. The highest BCUT2D eigenvalue weighted by atomic mass is 79.9. The van der Waals surface area contributed by atoms with E-state index in [-0.39, 0.29) is 17.5 Å². The molecule has 1 fully saturated rings. The average molecular weight is 314 g/mol. The third-order valence-electron chi connectivity index (χ3n) is 3.26. The van der Waals surface area contributed by atoms with Gasteiger partial charge in [0.05, 0.1) is 10.0 Å². The van der Waals surface area contributed by atoms with Gasteiger partial charge in [0, 0.05) is 25.3 Å². The van der Waals surface area contributed by atoms with Gasteiger partial charge in [-0.25, -0.2) is 0 Å². The van der Waals surface area contributed by atoms with Crippen LogP contribution in [0.3, 0.4) is 0 Å². The highest BCUT2D eigenvalue weighted by Gasteiger charge is 2.26. The molecule has 1 amide bonds. The predicted octanol–water partition coefficient (Wildman–Crippen LogP) is 1.09. The average Bonchev–Trinajstić information content (AvgIpc) is 2.41. The summed E-state index contributed by atoms with van der Waals surface area (Å²) in [5.41, 5.74) is 5.95. The number of aromatic amines is 1. The van der Waals surface area contributed by atoms with Gasteiger partial charge in [0.1, 0.15) is 0 Å². The summed E-state index contributed by atoms with van der Waals surface area (Å²) >= 11 is 3.13. The van der Waals surface area contributed by atoms with E-state index in [0.29, 0.717) is 16.6 Å². The Morgan fingerprint density at radius 3 is 3.00 bits per heavy atom. The molecule has 98 valence electrons. The molecule has 18 heavy (non-hydrogen) atoms. The first-order valence-electron chi connectivity index (χ1n) is 6.02. The number of carbonyl (C=O) groups excluding carboxylic acids is 1. The number of nitrogens with zero attached hydrogens (tertiary/aromatic N) is 1. The van der Waals surface area contributed by atoms with Crippen molar-refractivity contribution in [2.24, 2.45) is 5.73 Å². The van der Waals surface area contributed by atoms with E-state index in [4.69, 9.17) is 5.73 Å². The summed E-state index contributed by atoms with van der Waals surface area (Å²) in [6, 6.07) is 1.67. The van der Waals surface area contributed by atoms with Crippen molar-refractivity contribution in [2.45, 2.75) is 25.3 Å². The topological polar surface area (TPSA) is 79.2 Å². The predicted molar refractivity (Wildman–Crippen MR) is 72.5 cm³/mol. The molecular formula is C12H16BrN3O2. The lowest BCUT2D eigenvalue weighted by Crippen LogP contribution is -2.47. The Balaban J connectivity index is 2.23. The molecule has 0 bridgehead atoms. The molecule has 5 nitrogen and oxygen atoms in total. The highest BCUT2D eigenvalue weighted by molar-refractivity contribution is 9.10. The van der Waals surface area contributed by atoms with E-state index in [9.17, 15) is 9.59 Å². The van der Waals surface area contributed by atoms with Crippen LogP contribution in [0.25, 0.3) is 0 Å². The Kier molecular flexibility index (Phi) is 4.19. The van der Waals surface area contributed by atoms with Crippen molar-refractivity contribution in [3.63, 3.8) is 0 Å². The molecule has 0 radical (unpaired) electrons. The summed E-state index contributed by atoms with van der Waals surface area (Å²) in [7, 11) is 0. The van der Waals surface area contributed by atoms with Gasteiger partial charge in [0.25, 0.3) is 11.5 Å². The van der Waals surface area contributed by atoms with Crippen LogP contribution in [-0.4, -0.2) is 34.9 Å². The Labute approximate surface area is 113 Å². The number of halogens is 1. The maximum atomic E-state index is 12.4. The first-order valence-corrected chi connectivity index (χ1v) is 6.82. The number of aromatic nitrogens is 1. The van der Waals surface area contributed by atoms with E-state index in [2.05, 4.69) is 20.9 Å². The van der Waals surface area contributed by atoms with Gasteiger partial charge >= 0.3 is 0 Å². The van der Waals surface area contributed by atoms with Gasteiger partial charge in [0.2, 0.25) is 0 Å². The second kappa shape index (κ2) is 5.67. The van der Waals surface area contributed by atoms with Gasteiger partial charge in [-0.05, 0) is 41.3 Å². The molecule has 3 N–H and O–H groups in total. The zero-order valence-electron chi connectivity index (χ0n) is 9.99.